The van der Waals surface area contributed by atoms with Crippen LogP contribution in [-0.2, 0) is 0 Å². The Balaban J connectivity index is 1.64. The van der Waals surface area contributed by atoms with Crippen LogP contribution < -0.4 is 5.32 Å². The number of nitrogens with one attached hydrogen (secondary N) is 1. The van der Waals surface area contributed by atoms with Crippen molar-refractivity contribution >= 4 is 52.2 Å². The van der Waals surface area contributed by atoms with E-state index >= 15 is 0 Å². The molecule has 0 saturated carbocycles. The lowest BCUT2D eigenvalue weighted by Crippen LogP contribution is -2.26. The summed E-state index contributed by atoms with van der Waals surface area (Å²) in [5.74, 6) is 0.291. The van der Waals surface area contributed by atoms with Gasteiger partial charge in [-0.1, -0.05) is 23.2 Å². The summed E-state index contributed by atoms with van der Waals surface area (Å²) in [6.45, 7) is 4.25. The minimum Gasteiger partial charge on any atom is -0.351 e. The van der Waals surface area contributed by atoms with Crippen molar-refractivity contribution in [3.8, 4) is 17.3 Å². The van der Waals surface area contributed by atoms with Crippen LogP contribution in [0.25, 0.3) is 11.3 Å². The summed E-state index contributed by atoms with van der Waals surface area (Å²) in [7, 11) is 0. The highest BCUT2D eigenvalue weighted by Gasteiger charge is 2.14. The topological polar surface area (TPSA) is 78.7 Å². The van der Waals surface area contributed by atoms with E-state index in [9.17, 15) is 10.1 Å². The first-order valence-corrected chi connectivity index (χ1v) is 11.2. The van der Waals surface area contributed by atoms with Crippen LogP contribution in [0.3, 0.4) is 0 Å². The fourth-order valence-electron chi connectivity index (χ4n) is 2.60. The molecule has 1 aromatic carbocycles. The molecule has 5 nitrogen and oxygen atoms in total. The number of pyridine rings is 1. The summed E-state index contributed by atoms with van der Waals surface area (Å²) >= 11 is 14.9. The first-order valence-electron chi connectivity index (χ1n) is 8.59. The molecular weight excluding hydrogens is 447 g/mol. The number of rotatable bonds is 6. The Morgan fingerprint density at radius 3 is 2.72 bits per heavy atom. The molecule has 1 amide bonds. The number of thiazole rings is 1. The number of carbonyl (C=O) groups is 1. The maximum absolute atomic E-state index is 12.2. The summed E-state index contributed by atoms with van der Waals surface area (Å²) in [6, 6.07) is 8.77. The lowest BCUT2D eigenvalue weighted by Gasteiger charge is -2.09. The van der Waals surface area contributed by atoms with E-state index < -0.39 is 0 Å². The van der Waals surface area contributed by atoms with E-state index in [1.165, 1.54) is 17.8 Å². The second-order valence-electron chi connectivity index (χ2n) is 6.07. The number of carbonyl (C=O) groups excluding carboxylic acids is 1. The summed E-state index contributed by atoms with van der Waals surface area (Å²) in [6.07, 6.45) is 0. The fourth-order valence-corrected chi connectivity index (χ4v) is 4.57. The number of nitrogens with zero attached hydrogens (tertiary/aromatic N) is 3. The van der Waals surface area contributed by atoms with Crippen LogP contribution in [0.15, 0.2) is 34.7 Å². The molecule has 0 atom stereocenters. The molecule has 1 N–H and O–H groups in total. The second-order valence-corrected chi connectivity index (χ2v) is 9.06. The van der Waals surface area contributed by atoms with Crippen molar-refractivity contribution in [1.82, 2.24) is 15.3 Å². The van der Waals surface area contributed by atoms with Crippen molar-refractivity contribution in [3.05, 3.63) is 61.5 Å². The molecule has 0 aliphatic carbocycles. The summed E-state index contributed by atoms with van der Waals surface area (Å²) < 4.78 is 0. The molecule has 0 aliphatic heterocycles. The molecule has 148 valence electrons. The van der Waals surface area contributed by atoms with Crippen LogP contribution in [-0.4, -0.2) is 28.2 Å². The Hall–Kier alpha value is -2.11. The third-order valence-corrected chi connectivity index (χ3v) is 6.31. The van der Waals surface area contributed by atoms with E-state index in [2.05, 4.69) is 21.4 Å². The Labute approximate surface area is 187 Å². The van der Waals surface area contributed by atoms with Gasteiger partial charge < -0.3 is 5.32 Å². The summed E-state index contributed by atoms with van der Waals surface area (Å²) in [4.78, 5) is 21.3. The number of aryl methyl sites for hydroxylation is 2. The van der Waals surface area contributed by atoms with Gasteiger partial charge in [0, 0.05) is 34.0 Å². The zero-order chi connectivity index (χ0) is 21.0. The maximum Gasteiger partial charge on any atom is 0.252 e. The van der Waals surface area contributed by atoms with Gasteiger partial charge in [0.15, 0.2) is 0 Å². The van der Waals surface area contributed by atoms with Gasteiger partial charge in [-0.05, 0) is 38.1 Å². The molecule has 2 heterocycles. The van der Waals surface area contributed by atoms with Gasteiger partial charge in [-0.3, -0.25) is 4.79 Å². The van der Waals surface area contributed by atoms with E-state index in [0.717, 1.165) is 22.0 Å². The van der Waals surface area contributed by atoms with Crippen molar-refractivity contribution in [2.24, 2.45) is 0 Å². The zero-order valence-corrected chi connectivity index (χ0v) is 18.8. The number of amides is 1. The number of benzene rings is 1. The highest BCUT2D eigenvalue weighted by molar-refractivity contribution is 7.99. The maximum atomic E-state index is 12.2. The molecule has 0 bridgehead atoms. The van der Waals surface area contributed by atoms with Crippen LogP contribution in [0, 0.1) is 25.2 Å². The van der Waals surface area contributed by atoms with Crippen LogP contribution in [0.2, 0.25) is 10.0 Å². The van der Waals surface area contributed by atoms with E-state index in [-0.39, 0.29) is 5.91 Å². The van der Waals surface area contributed by atoms with Gasteiger partial charge in [-0.15, -0.1) is 23.1 Å². The molecule has 0 spiro atoms. The molecule has 0 aliphatic rings. The van der Waals surface area contributed by atoms with Crippen LogP contribution >= 0.6 is 46.3 Å². The van der Waals surface area contributed by atoms with E-state index in [0.29, 0.717) is 38.5 Å². The number of thioether (sulfide) groups is 1. The fraction of sp³-hybridized carbons (Fsp3) is 0.200. The third-order valence-electron chi connectivity index (χ3n) is 4.00. The first kappa shape index (κ1) is 21.6. The van der Waals surface area contributed by atoms with Gasteiger partial charge in [0.1, 0.15) is 11.1 Å². The van der Waals surface area contributed by atoms with Crippen molar-refractivity contribution in [2.75, 3.05) is 12.3 Å². The molecule has 0 fully saturated rings. The van der Waals surface area contributed by atoms with Crippen molar-refractivity contribution in [1.29, 1.82) is 5.26 Å². The van der Waals surface area contributed by atoms with Crippen LogP contribution in [0.4, 0.5) is 0 Å². The van der Waals surface area contributed by atoms with Gasteiger partial charge in [0.25, 0.3) is 5.91 Å². The molecule has 0 unspecified atom stereocenters. The molecule has 0 saturated heterocycles. The first-order chi connectivity index (χ1) is 13.9. The quantitative estimate of drug-likeness (QED) is 0.385. The van der Waals surface area contributed by atoms with Crippen molar-refractivity contribution < 1.29 is 4.79 Å². The van der Waals surface area contributed by atoms with Crippen LogP contribution in [0.1, 0.15) is 26.6 Å². The van der Waals surface area contributed by atoms with Gasteiger partial charge in [-0.25, -0.2) is 9.97 Å². The SMILES string of the molecule is Cc1nc(-c2cc(C#N)c(SCCNC(=O)c3ccc(Cl)cc3Cl)nc2C)cs1. The monoisotopic (exact) mass is 462 g/mol. The minimum absolute atomic E-state index is 0.272. The summed E-state index contributed by atoms with van der Waals surface area (Å²) in [5, 5.41) is 16.7. The van der Waals surface area contributed by atoms with Gasteiger partial charge >= 0.3 is 0 Å². The highest BCUT2D eigenvalue weighted by atomic mass is 35.5. The lowest BCUT2D eigenvalue weighted by atomic mass is 10.1. The number of hydrogen-bond donors (Lipinski definition) is 1. The predicted molar refractivity (Wildman–Crippen MR) is 119 cm³/mol. The molecule has 9 heteroatoms. The van der Waals surface area contributed by atoms with E-state index in [1.807, 2.05) is 25.3 Å². The van der Waals surface area contributed by atoms with E-state index in [4.69, 9.17) is 23.2 Å². The molecule has 2 aromatic heterocycles. The third kappa shape index (κ3) is 5.28. The second kappa shape index (κ2) is 9.59. The average Bonchev–Trinajstić information content (AvgIpc) is 3.11. The number of aromatic nitrogens is 2. The summed E-state index contributed by atoms with van der Waals surface area (Å²) in [5.41, 5.74) is 3.37. The molecule has 0 radical (unpaired) electrons. The zero-order valence-electron chi connectivity index (χ0n) is 15.6. The molecule has 3 aromatic rings. The number of halogens is 2. The average molecular weight is 463 g/mol. The number of nitriles is 1. The Kier molecular flexibility index (Phi) is 7.14. The Morgan fingerprint density at radius 1 is 1.28 bits per heavy atom. The highest BCUT2D eigenvalue weighted by Crippen LogP contribution is 2.29. The van der Waals surface area contributed by atoms with Gasteiger partial charge in [0.2, 0.25) is 0 Å². The molecular formula is C20H16Cl2N4OS2. The standard InChI is InChI=1S/C20H16Cl2N4OS2/c1-11-16(18-10-29-12(2)26-18)7-13(9-23)20(25-11)28-6-5-24-19(27)15-4-3-14(21)8-17(15)22/h3-4,7-8,10H,5-6H2,1-2H3,(H,24,27). The largest absolute Gasteiger partial charge is 0.351 e. The van der Waals surface area contributed by atoms with Gasteiger partial charge in [-0.2, -0.15) is 5.26 Å². The van der Waals surface area contributed by atoms with Crippen molar-refractivity contribution in [2.45, 2.75) is 18.9 Å². The molecule has 29 heavy (non-hydrogen) atoms. The Bertz CT molecular complexity index is 1110. The lowest BCUT2D eigenvalue weighted by molar-refractivity contribution is 0.0956. The van der Waals surface area contributed by atoms with E-state index in [1.54, 1.807) is 23.5 Å². The molecule has 3 rings (SSSR count). The minimum atomic E-state index is -0.272. The Morgan fingerprint density at radius 2 is 2.07 bits per heavy atom. The number of hydrogen-bond acceptors (Lipinski definition) is 6. The predicted octanol–water partition coefficient (Wildman–Crippen LogP) is 5.52. The smallest absolute Gasteiger partial charge is 0.252 e. The normalized spacial score (nSPS) is 10.6. The van der Waals surface area contributed by atoms with Crippen LogP contribution in [0.5, 0.6) is 0 Å². The van der Waals surface area contributed by atoms with Crippen molar-refractivity contribution in [3.63, 3.8) is 0 Å². The van der Waals surface area contributed by atoms with Gasteiger partial charge in [0.05, 0.1) is 26.9 Å².